The topological polar surface area (TPSA) is 42.7 Å². The quantitative estimate of drug-likeness (QED) is 0.432. The minimum atomic E-state index is 0.391. The van der Waals surface area contributed by atoms with E-state index < -0.39 is 0 Å². The molecule has 4 aromatic rings. The third-order valence-corrected chi connectivity index (χ3v) is 6.99. The molecule has 32 heavy (non-hydrogen) atoms. The number of benzene rings is 2. The van der Waals surface area contributed by atoms with Crippen molar-refractivity contribution in [3.8, 4) is 17.0 Å². The van der Waals surface area contributed by atoms with Crippen LogP contribution < -0.4 is 4.74 Å². The highest BCUT2D eigenvalue weighted by Gasteiger charge is 2.41. The van der Waals surface area contributed by atoms with Crippen LogP contribution in [-0.4, -0.2) is 32.1 Å². The molecule has 5 heteroatoms. The maximum Gasteiger partial charge on any atom is 0.155 e. The highest BCUT2D eigenvalue weighted by Crippen LogP contribution is 2.45. The van der Waals surface area contributed by atoms with Crippen molar-refractivity contribution in [3.05, 3.63) is 83.2 Å². The lowest BCUT2D eigenvalue weighted by Crippen LogP contribution is -2.38. The van der Waals surface area contributed by atoms with Crippen LogP contribution >= 0.6 is 0 Å². The molecule has 0 aliphatic carbocycles. The van der Waals surface area contributed by atoms with Crippen LogP contribution in [0.15, 0.2) is 60.8 Å². The van der Waals surface area contributed by atoms with Crippen LogP contribution in [0.3, 0.4) is 0 Å². The summed E-state index contributed by atoms with van der Waals surface area (Å²) in [5, 5.41) is 5.00. The molecule has 0 saturated carbocycles. The Hall–Kier alpha value is -3.18. The number of fused-ring (bicyclic) bond motifs is 6. The van der Waals surface area contributed by atoms with Gasteiger partial charge in [0.2, 0.25) is 0 Å². The maximum atomic E-state index is 5.90. The zero-order valence-corrected chi connectivity index (χ0v) is 18.7. The minimum Gasteiger partial charge on any atom is -0.494 e. The van der Waals surface area contributed by atoms with E-state index in [9.17, 15) is 0 Å². The number of nitrogens with zero attached hydrogens (tertiary/aromatic N) is 4. The van der Waals surface area contributed by atoms with Crippen molar-refractivity contribution in [2.45, 2.75) is 51.7 Å². The molecule has 1 saturated heterocycles. The molecule has 2 atom stereocenters. The third-order valence-electron chi connectivity index (χ3n) is 6.99. The molecule has 0 spiro atoms. The van der Waals surface area contributed by atoms with Crippen molar-refractivity contribution in [3.63, 3.8) is 0 Å². The zero-order chi connectivity index (χ0) is 21.7. The molecule has 0 unspecified atom stereocenters. The maximum absolute atomic E-state index is 5.90. The molecule has 0 amide bonds. The van der Waals surface area contributed by atoms with E-state index >= 15 is 0 Å². The molecule has 0 radical (unpaired) electrons. The first kappa shape index (κ1) is 19.5. The van der Waals surface area contributed by atoms with Gasteiger partial charge in [0.1, 0.15) is 5.75 Å². The van der Waals surface area contributed by atoms with Gasteiger partial charge in [0.05, 0.1) is 18.0 Å². The summed E-state index contributed by atoms with van der Waals surface area (Å²) in [6, 6.07) is 20.0. The normalized spacial score (nSPS) is 19.9. The number of ether oxygens (including phenoxy) is 1. The highest BCUT2D eigenvalue weighted by atomic mass is 16.5. The van der Waals surface area contributed by atoms with E-state index in [0.29, 0.717) is 18.7 Å². The molecular formula is C27H28N4O. The number of hydrogen-bond donors (Lipinski definition) is 0. The first-order chi connectivity index (χ1) is 15.7. The van der Waals surface area contributed by atoms with Crippen LogP contribution in [0.4, 0.5) is 0 Å². The second-order valence-electron chi connectivity index (χ2n) is 8.99. The molecular weight excluding hydrogens is 396 g/mol. The summed E-state index contributed by atoms with van der Waals surface area (Å²) in [5.74, 6) is 1.00. The molecule has 2 aliphatic rings. The van der Waals surface area contributed by atoms with E-state index in [0.717, 1.165) is 35.6 Å². The van der Waals surface area contributed by atoms with Crippen molar-refractivity contribution >= 4 is 5.65 Å². The van der Waals surface area contributed by atoms with Gasteiger partial charge in [0.25, 0.3) is 0 Å². The lowest BCUT2D eigenvalue weighted by Gasteiger charge is -2.36. The van der Waals surface area contributed by atoms with E-state index in [-0.39, 0.29) is 0 Å². The van der Waals surface area contributed by atoms with Crippen LogP contribution in [0, 0.1) is 6.92 Å². The molecule has 5 nitrogen and oxygen atoms in total. The van der Waals surface area contributed by atoms with Crippen LogP contribution in [0.1, 0.15) is 48.2 Å². The van der Waals surface area contributed by atoms with Gasteiger partial charge in [-0.3, -0.25) is 4.90 Å². The Balaban J connectivity index is 1.36. The number of aryl methyl sites for hydroxylation is 1. The summed E-state index contributed by atoms with van der Waals surface area (Å²) < 4.78 is 8.00. The van der Waals surface area contributed by atoms with Crippen LogP contribution in [0.2, 0.25) is 0 Å². The van der Waals surface area contributed by atoms with Gasteiger partial charge in [-0.2, -0.15) is 5.10 Å². The van der Waals surface area contributed by atoms with E-state index in [1.165, 1.54) is 35.2 Å². The van der Waals surface area contributed by atoms with Gasteiger partial charge in [-0.1, -0.05) is 42.0 Å². The Morgan fingerprint density at radius 2 is 1.97 bits per heavy atom. The smallest absolute Gasteiger partial charge is 0.155 e. The van der Waals surface area contributed by atoms with Gasteiger partial charge in [0, 0.05) is 54.0 Å². The van der Waals surface area contributed by atoms with Crippen molar-refractivity contribution in [2.24, 2.45) is 0 Å². The standard InChI is InChI=1S/C27H28N4O/c1-3-32-26-10-5-4-8-20(26)17-30-21-11-12-24(30)22-16-28-27-15-23(29-31(27)25(22)14-21)19-9-6-7-18(2)13-19/h4-10,13,15-16,21,24H,3,11-12,14,17H2,1-2H3/t21-,24-/m0/s1. The Morgan fingerprint density at radius 3 is 2.84 bits per heavy atom. The first-order valence-electron chi connectivity index (χ1n) is 11.6. The molecule has 0 N–H and O–H groups in total. The van der Waals surface area contributed by atoms with Gasteiger partial charge >= 0.3 is 0 Å². The average molecular weight is 425 g/mol. The largest absolute Gasteiger partial charge is 0.494 e. The molecule has 6 rings (SSSR count). The summed E-state index contributed by atoms with van der Waals surface area (Å²) in [4.78, 5) is 7.47. The van der Waals surface area contributed by atoms with Gasteiger partial charge in [0.15, 0.2) is 5.65 Å². The summed E-state index contributed by atoms with van der Waals surface area (Å²) in [6.45, 7) is 5.77. The van der Waals surface area contributed by atoms with Crippen LogP contribution in [0.25, 0.3) is 16.9 Å². The van der Waals surface area contributed by atoms with Gasteiger partial charge in [-0.05, 0) is 38.8 Å². The predicted octanol–water partition coefficient (Wildman–Crippen LogP) is 5.37. The molecule has 2 bridgehead atoms. The summed E-state index contributed by atoms with van der Waals surface area (Å²) in [5.41, 5.74) is 8.26. The van der Waals surface area contributed by atoms with Gasteiger partial charge in [-0.15, -0.1) is 0 Å². The molecule has 1 fully saturated rings. The number of aromatic nitrogens is 3. The van der Waals surface area contributed by atoms with Crippen molar-refractivity contribution in [1.29, 1.82) is 0 Å². The Kier molecular flexibility index (Phi) is 4.72. The fourth-order valence-electron chi connectivity index (χ4n) is 5.50. The fourth-order valence-corrected chi connectivity index (χ4v) is 5.50. The van der Waals surface area contributed by atoms with E-state index in [4.69, 9.17) is 14.8 Å². The first-order valence-corrected chi connectivity index (χ1v) is 11.6. The third kappa shape index (κ3) is 3.19. The number of rotatable bonds is 5. The molecule has 2 aliphatic heterocycles. The van der Waals surface area contributed by atoms with E-state index in [1.54, 1.807) is 0 Å². The summed E-state index contributed by atoms with van der Waals surface area (Å²) >= 11 is 0. The fraction of sp³-hybridized carbons (Fsp3) is 0.333. The second kappa shape index (κ2) is 7.75. The number of hydrogen-bond acceptors (Lipinski definition) is 4. The average Bonchev–Trinajstić information content (AvgIpc) is 3.35. The Labute approximate surface area is 188 Å². The molecule has 162 valence electrons. The highest BCUT2D eigenvalue weighted by molar-refractivity contribution is 5.65. The van der Waals surface area contributed by atoms with Crippen molar-refractivity contribution in [1.82, 2.24) is 19.5 Å². The lowest BCUT2D eigenvalue weighted by atomic mass is 9.98. The van der Waals surface area contributed by atoms with E-state index in [1.807, 2.05) is 6.92 Å². The summed E-state index contributed by atoms with van der Waals surface area (Å²) in [6.07, 6.45) is 5.49. The second-order valence-corrected chi connectivity index (χ2v) is 8.99. The van der Waals surface area contributed by atoms with Crippen LogP contribution in [-0.2, 0) is 13.0 Å². The summed E-state index contributed by atoms with van der Waals surface area (Å²) in [7, 11) is 0. The Morgan fingerprint density at radius 1 is 1.06 bits per heavy atom. The molecule has 2 aromatic carbocycles. The molecule has 2 aromatic heterocycles. The lowest BCUT2D eigenvalue weighted by molar-refractivity contribution is 0.162. The molecule has 4 heterocycles. The van der Waals surface area contributed by atoms with Gasteiger partial charge < -0.3 is 4.74 Å². The van der Waals surface area contributed by atoms with Gasteiger partial charge in [-0.25, -0.2) is 9.50 Å². The predicted molar refractivity (Wildman–Crippen MR) is 126 cm³/mol. The van der Waals surface area contributed by atoms with Crippen molar-refractivity contribution < 1.29 is 4.74 Å². The minimum absolute atomic E-state index is 0.391. The number of para-hydroxylation sites is 1. The SMILES string of the molecule is CCOc1ccccc1CN1[C@H]2CC[C@H]1c1cnc3cc(-c4cccc(C)c4)nn3c1C2. The monoisotopic (exact) mass is 424 g/mol. The zero-order valence-electron chi connectivity index (χ0n) is 18.7. The van der Waals surface area contributed by atoms with Crippen LogP contribution in [0.5, 0.6) is 5.75 Å². The van der Waals surface area contributed by atoms with E-state index in [2.05, 4.69) is 77.1 Å². The van der Waals surface area contributed by atoms with Crippen molar-refractivity contribution in [2.75, 3.05) is 6.61 Å². The Bertz CT molecular complexity index is 1290.